The van der Waals surface area contributed by atoms with Crippen LogP contribution in [0, 0.1) is 0 Å². The summed E-state index contributed by atoms with van der Waals surface area (Å²) in [5, 5.41) is 2.64. The van der Waals surface area contributed by atoms with E-state index in [0.29, 0.717) is 23.3 Å². The molecule has 2 heterocycles. The van der Waals surface area contributed by atoms with Crippen LogP contribution in [0.25, 0.3) is 11.2 Å². The highest BCUT2D eigenvalue weighted by atomic mass is 31.2. The van der Waals surface area contributed by atoms with E-state index in [2.05, 4.69) is 24.8 Å². The molecule has 3 aromatic rings. The van der Waals surface area contributed by atoms with Gasteiger partial charge in [-0.2, -0.15) is 9.97 Å². The van der Waals surface area contributed by atoms with Gasteiger partial charge in [0.1, 0.15) is 11.7 Å². The van der Waals surface area contributed by atoms with Crippen LogP contribution in [0.3, 0.4) is 0 Å². The van der Waals surface area contributed by atoms with Gasteiger partial charge in [0.15, 0.2) is 17.0 Å². The highest BCUT2D eigenvalue weighted by Gasteiger charge is 2.20. The van der Waals surface area contributed by atoms with Crippen molar-refractivity contribution in [2.24, 2.45) is 0 Å². The fourth-order valence-electron chi connectivity index (χ4n) is 3.19. The second-order valence-corrected chi connectivity index (χ2v) is 11.0. The Kier molecular flexibility index (Phi) is 7.99. The molecule has 35 heavy (non-hydrogen) atoms. The fraction of sp³-hybridized carbons (Fsp3) is 0.455. The summed E-state index contributed by atoms with van der Waals surface area (Å²) in [5.74, 6) is 0.158. The minimum absolute atomic E-state index is 0.0466. The molecule has 2 aromatic heterocycles. The van der Waals surface area contributed by atoms with E-state index in [-0.39, 0.29) is 24.5 Å². The molecular formula is C22H31N6O6P. The Morgan fingerprint density at radius 2 is 2.00 bits per heavy atom. The first-order valence-corrected chi connectivity index (χ1v) is 12.7. The number of amides is 1. The van der Waals surface area contributed by atoms with Crippen LogP contribution in [0.5, 0.6) is 6.01 Å². The Bertz CT molecular complexity index is 1240. The smallest absolute Gasteiger partial charge is 0.407 e. The van der Waals surface area contributed by atoms with Crippen LogP contribution in [0.4, 0.5) is 10.6 Å². The van der Waals surface area contributed by atoms with Gasteiger partial charge < -0.3 is 34.5 Å². The van der Waals surface area contributed by atoms with Crippen LogP contribution in [0.15, 0.2) is 30.6 Å². The van der Waals surface area contributed by atoms with E-state index in [1.807, 2.05) is 12.1 Å². The van der Waals surface area contributed by atoms with Crippen molar-refractivity contribution in [2.75, 3.05) is 19.4 Å². The lowest BCUT2D eigenvalue weighted by molar-refractivity contribution is 0.0502. The van der Waals surface area contributed by atoms with Crippen molar-refractivity contribution < 1.29 is 28.3 Å². The highest BCUT2D eigenvalue weighted by Crippen LogP contribution is 2.44. The molecule has 0 spiro atoms. The molecule has 0 radical (unpaired) electrons. The van der Waals surface area contributed by atoms with Gasteiger partial charge in [-0.1, -0.05) is 24.3 Å². The number of anilines is 1. The molecule has 0 aliphatic rings. The minimum atomic E-state index is -3.68. The first kappa shape index (κ1) is 26.4. The molecule has 12 nitrogen and oxygen atoms in total. The number of nitrogens with two attached hydrogens (primary N) is 1. The molecule has 190 valence electrons. The fourth-order valence-corrected chi connectivity index (χ4v) is 3.98. The molecule has 0 saturated carbocycles. The van der Waals surface area contributed by atoms with Crippen molar-refractivity contribution in [2.45, 2.75) is 52.1 Å². The van der Waals surface area contributed by atoms with Crippen LogP contribution < -0.4 is 15.8 Å². The summed E-state index contributed by atoms with van der Waals surface area (Å²) in [4.78, 5) is 34.5. The number of fused-ring (bicyclic) bond motifs is 1. The number of hydrogen-bond acceptors (Lipinski definition) is 9. The monoisotopic (exact) mass is 506 g/mol. The van der Waals surface area contributed by atoms with Crippen molar-refractivity contribution >= 4 is 30.7 Å². The summed E-state index contributed by atoms with van der Waals surface area (Å²) in [6, 6.07) is 7.31. The quantitative estimate of drug-likeness (QED) is 0.367. The first-order chi connectivity index (χ1) is 16.3. The van der Waals surface area contributed by atoms with Crippen molar-refractivity contribution in [1.29, 1.82) is 0 Å². The zero-order valence-electron chi connectivity index (χ0n) is 20.4. The maximum Gasteiger partial charge on any atom is 0.407 e. The molecule has 0 saturated heterocycles. The van der Waals surface area contributed by atoms with Crippen LogP contribution >= 0.6 is 7.60 Å². The minimum Gasteiger partial charge on any atom is -0.458 e. The molecule has 1 aromatic carbocycles. The van der Waals surface area contributed by atoms with Gasteiger partial charge in [-0.15, -0.1) is 0 Å². The van der Waals surface area contributed by atoms with Crippen LogP contribution in [0.1, 0.15) is 38.8 Å². The standard InChI is InChI=1S/C22H31N6O6P/c1-14(10-24-21(29)34-22(2,3)4)33-20-26-18(23)17-19(27-20)28(13-25-17)11-15-7-6-8-16(9-15)12-35(30,31)32-5/h6-9,13-14H,10-12H2,1-5H3,(H,24,29)(H,30,31)(H2,23,26,27). The van der Waals surface area contributed by atoms with E-state index in [9.17, 15) is 14.3 Å². The van der Waals surface area contributed by atoms with Crippen molar-refractivity contribution in [1.82, 2.24) is 24.8 Å². The lowest BCUT2D eigenvalue weighted by Gasteiger charge is -2.21. The van der Waals surface area contributed by atoms with E-state index in [0.717, 1.165) is 5.56 Å². The van der Waals surface area contributed by atoms with Gasteiger partial charge in [0.05, 0.1) is 25.6 Å². The Balaban J connectivity index is 1.73. The second-order valence-electron chi connectivity index (χ2n) is 9.05. The van der Waals surface area contributed by atoms with E-state index in [1.54, 1.807) is 50.7 Å². The van der Waals surface area contributed by atoms with Crippen molar-refractivity contribution in [3.05, 3.63) is 41.7 Å². The number of imidazole rings is 1. The number of benzene rings is 1. The lowest BCUT2D eigenvalue weighted by Crippen LogP contribution is -2.37. The number of nitrogens with one attached hydrogen (secondary N) is 1. The van der Waals surface area contributed by atoms with Gasteiger partial charge in [0.2, 0.25) is 0 Å². The molecule has 1 amide bonds. The Labute approximate surface area is 203 Å². The molecule has 0 fully saturated rings. The van der Waals surface area contributed by atoms with Crippen LogP contribution in [-0.2, 0) is 26.5 Å². The van der Waals surface area contributed by atoms with Crippen LogP contribution in [0.2, 0.25) is 0 Å². The number of nitrogen functional groups attached to an aromatic ring is 1. The van der Waals surface area contributed by atoms with E-state index in [4.69, 9.17) is 15.2 Å². The largest absolute Gasteiger partial charge is 0.458 e. The Morgan fingerprint density at radius 3 is 2.69 bits per heavy atom. The molecule has 0 aliphatic carbocycles. The number of aromatic nitrogens is 4. The van der Waals surface area contributed by atoms with Crippen LogP contribution in [-0.4, -0.2) is 55.9 Å². The number of carbonyl (C=O) groups excluding carboxylic acids is 1. The van der Waals surface area contributed by atoms with Gasteiger partial charge in [-0.25, -0.2) is 9.78 Å². The van der Waals surface area contributed by atoms with Gasteiger partial charge in [-0.05, 0) is 38.8 Å². The lowest BCUT2D eigenvalue weighted by atomic mass is 10.1. The van der Waals surface area contributed by atoms with E-state index in [1.165, 1.54) is 7.11 Å². The summed E-state index contributed by atoms with van der Waals surface area (Å²) in [6.07, 6.45) is 0.491. The van der Waals surface area contributed by atoms with Gasteiger partial charge in [0.25, 0.3) is 0 Å². The predicted octanol–water partition coefficient (Wildman–Crippen LogP) is 3.08. The number of hydrogen-bond donors (Lipinski definition) is 3. The summed E-state index contributed by atoms with van der Waals surface area (Å²) in [6.45, 7) is 7.66. The normalized spacial score (nSPS) is 14.3. The molecule has 3 rings (SSSR count). The average Bonchev–Trinajstić information content (AvgIpc) is 3.14. The van der Waals surface area contributed by atoms with Gasteiger partial charge in [-0.3, -0.25) is 4.57 Å². The molecule has 13 heteroatoms. The Hall–Kier alpha value is -3.21. The molecule has 0 bridgehead atoms. The third-order valence-electron chi connectivity index (χ3n) is 4.72. The van der Waals surface area contributed by atoms with E-state index >= 15 is 0 Å². The number of rotatable bonds is 9. The number of alkyl carbamates (subject to hydrolysis) is 1. The highest BCUT2D eigenvalue weighted by molar-refractivity contribution is 7.51. The molecule has 2 atom stereocenters. The van der Waals surface area contributed by atoms with Gasteiger partial charge in [0, 0.05) is 7.11 Å². The zero-order valence-corrected chi connectivity index (χ0v) is 21.3. The van der Waals surface area contributed by atoms with Crippen molar-refractivity contribution in [3.8, 4) is 6.01 Å². The maximum absolute atomic E-state index is 11.9. The molecule has 0 aliphatic heterocycles. The third kappa shape index (κ3) is 7.64. The average molecular weight is 507 g/mol. The third-order valence-corrected chi connectivity index (χ3v) is 6.06. The summed E-state index contributed by atoms with van der Waals surface area (Å²) < 4.78 is 29.3. The number of nitrogens with zero attached hydrogens (tertiary/aromatic N) is 4. The predicted molar refractivity (Wildman–Crippen MR) is 130 cm³/mol. The summed E-state index contributed by atoms with van der Waals surface area (Å²) >= 11 is 0. The molecule has 4 N–H and O–H groups in total. The zero-order chi connectivity index (χ0) is 25.8. The number of carbonyl (C=O) groups is 1. The SMILES string of the molecule is COP(=O)(O)Cc1cccc(Cn2cnc3c(N)nc(OC(C)CNC(=O)OC(C)(C)C)nc32)c1. The van der Waals surface area contributed by atoms with Gasteiger partial charge >= 0.3 is 19.7 Å². The van der Waals surface area contributed by atoms with E-state index < -0.39 is 25.4 Å². The first-order valence-electron chi connectivity index (χ1n) is 10.9. The second kappa shape index (κ2) is 10.6. The molecule has 2 unspecified atom stereocenters. The maximum atomic E-state index is 11.9. The topological polar surface area (TPSA) is 164 Å². The molecular weight excluding hydrogens is 475 g/mol. The summed E-state index contributed by atoms with van der Waals surface area (Å²) in [5.41, 5.74) is 7.90. The number of ether oxygens (including phenoxy) is 2. The van der Waals surface area contributed by atoms with Crippen molar-refractivity contribution in [3.63, 3.8) is 0 Å². The Morgan fingerprint density at radius 1 is 1.29 bits per heavy atom. The summed E-state index contributed by atoms with van der Waals surface area (Å²) in [7, 11) is -2.47.